The van der Waals surface area contributed by atoms with Crippen molar-refractivity contribution < 1.29 is 4.79 Å². The maximum Gasteiger partial charge on any atom is 0.254 e. The highest BCUT2D eigenvalue weighted by Gasteiger charge is 2.23. The summed E-state index contributed by atoms with van der Waals surface area (Å²) in [6.07, 6.45) is 4.04. The van der Waals surface area contributed by atoms with Crippen molar-refractivity contribution in [1.29, 1.82) is 0 Å². The Morgan fingerprint density at radius 2 is 2.19 bits per heavy atom. The third-order valence-corrected chi connectivity index (χ3v) is 4.27. The fourth-order valence-corrected chi connectivity index (χ4v) is 3.01. The van der Waals surface area contributed by atoms with Gasteiger partial charge in [0.15, 0.2) is 0 Å². The lowest BCUT2D eigenvalue weighted by atomic mass is 10.2. The smallest absolute Gasteiger partial charge is 0.254 e. The van der Waals surface area contributed by atoms with Gasteiger partial charge in [-0.15, -0.1) is 0 Å². The van der Waals surface area contributed by atoms with Crippen LogP contribution in [-0.2, 0) is 0 Å². The Morgan fingerprint density at radius 1 is 1.48 bits per heavy atom. The molecule has 1 aromatic heterocycles. The first-order valence-electron chi connectivity index (χ1n) is 7.18. The van der Waals surface area contributed by atoms with Gasteiger partial charge in [0.25, 0.3) is 5.91 Å². The molecule has 5 nitrogen and oxygen atoms in total. The van der Waals surface area contributed by atoms with Crippen molar-refractivity contribution in [3.8, 4) is 0 Å². The van der Waals surface area contributed by atoms with Crippen LogP contribution < -0.4 is 4.90 Å². The Balaban J connectivity index is 2.11. The topological polar surface area (TPSA) is 39.7 Å². The standard InChI is InChI=1S/C15H23ClN4O/c1-18(2)15(21)11-8-13(16)14(17-9-11)20(4)10-12-6-5-7-19(12)3/h8-9,12H,5-7,10H2,1-4H3. The highest BCUT2D eigenvalue weighted by atomic mass is 35.5. The van der Waals surface area contributed by atoms with Gasteiger partial charge < -0.3 is 14.7 Å². The van der Waals surface area contributed by atoms with Gasteiger partial charge in [0.2, 0.25) is 0 Å². The second-order valence-electron chi connectivity index (χ2n) is 5.89. The molecule has 1 unspecified atom stereocenters. The summed E-state index contributed by atoms with van der Waals surface area (Å²) in [6, 6.07) is 2.23. The third kappa shape index (κ3) is 3.66. The van der Waals surface area contributed by atoms with Gasteiger partial charge in [0.1, 0.15) is 5.82 Å². The molecule has 21 heavy (non-hydrogen) atoms. The van der Waals surface area contributed by atoms with Crippen LogP contribution in [0.1, 0.15) is 23.2 Å². The molecule has 1 saturated heterocycles. The van der Waals surface area contributed by atoms with Crippen LogP contribution in [0.2, 0.25) is 5.02 Å². The first-order valence-corrected chi connectivity index (χ1v) is 7.56. The average molecular weight is 311 g/mol. The number of anilines is 1. The van der Waals surface area contributed by atoms with Crippen molar-refractivity contribution >= 4 is 23.3 Å². The summed E-state index contributed by atoms with van der Waals surface area (Å²) in [5, 5.41) is 0.519. The van der Waals surface area contributed by atoms with Gasteiger partial charge >= 0.3 is 0 Å². The molecule has 2 heterocycles. The second-order valence-corrected chi connectivity index (χ2v) is 6.29. The minimum absolute atomic E-state index is 0.0888. The molecule has 1 atom stereocenters. The first-order chi connectivity index (χ1) is 9.90. The van der Waals surface area contributed by atoms with Crippen molar-refractivity contribution in [2.45, 2.75) is 18.9 Å². The summed E-state index contributed by atoms with van der Waals surface area (Å²) in [7, 11) is 7.58. The maximum atomic E-state index is 11.9. The molecule has 116 valence electrons. The molecule has 2 rings (SSSR count). The van der Waals surface area contributed by atoms with Crippen LogP contribution in [0.15, 0.2) is 12.3 Å². The zero-order valence-electron chi connectivity index (χ0n) is 13.1. The van der Waals surface area contributed by atoms with E-state index in [0.717, 1.165) is 18.9 Å². The predicted octanol–water partition coefficient (Wildman–Crippen LogP) is 1.97. The minimum atomic E-state index is -0.0888. The molecule has 0 N–H and O–H groups in total. The minimum Gasteiger partial charge on any atom is -0.357 e. The highest BCUT2D eigenvalue weighted by Crippen LogP contribution is 2.25. The van der Waals surface area contributed by atoms with E-state index in [9.17, 15) is 4.79 Å². The SMILES string of the molecule is CN(C)C(=O)c1cnc(N(C)CC2CCCN2C)c(Cl)c1. The zero-order valence-corrected chi connectivity index (χ0v) is 13.9. The number of halogens is 1. The van der Waals surface area contributed by atoms with Gasteiger partial charge in [-0.1, -0.05) is 11.6 Å². The molecular formula is C15H23ClN4O. The number of likely N-dealkylation sites (tertiary alicyclic amines) is 1. The van der Waals surface area contributed by atoms with E-state index in [0.29, 0.717) is 16.6 Å². The number of aromatic nitrogens is 1. The number of carbonyl (C=O) groups is 1. The molecule has 1 amide bonds. The Kier molecular flexibility index (Phi) is 5.06. The number of amides is 1. The molecule has 0 bridgehead atoms. The summed E-state index contributed by atoms with van der Waals surface area (Å²) >= 11 is 6.31. The van der Waals surface area contributed by atoms with E-state index in [2.05, 4.69) is 21.8 Å². The Morgan fingerprint density at radius 3 is 2.71 bits per heavy atom. The number of carbonyl (C=O) groups excluding carboxylic acids is 1. The van der Waals surface area contributed by atoms with E-state index >= 15 is 0 Å². The summed E-state index contributed by atoms with van der Waals surface area (Å²) in [5.41, 5.74) is 0.514. The number of hydrogen-bond donors (Lipinski definition) is 0. The van der Waals surface area contributed by atoms with Gasteiger partial charge in [-0.2, -0.15) is 0 Å². The van der Waals surface area contributed by atoms with Crippen LogP contribution in [-0.4, -0.2) is 68.0 Å². The number of hydrogen-bond acceptors (Lipinski definition) is 4. The maximum absolute atomic E-state index is 11.9. The Hall–Kier alpha value is -1.33. The zero-order chi connectivity index (χ0) is 15.6. The number of rotatable bonds is 4. The molecule has 0 spiro atoms. The molecule has 1 aliphatic heterocycles. The quantitative estimate of drug-likeness (QED) is 0.852. The van der Waals surface area contributed by atoms with Gasteiger partial charge in [0.05, 0.1) is 10.6 Å². The number of likely N-dealkylation sites (N-methyl/N-ethyl adjacent to an activating group) is 2. The fourth-order valence-electron chi connectivity index (χ4n) is 2.70. The Labute approximate surface area is 131 Å². The van der Waals surface area contributed by atoms with Crippen molar-refractivity contribution in [2.75, 3.05) is 46.2 Å². The van der Waals surface area contributed by atoms with Crippen LogP contribution in [0.25, 0.3) is 0 Å². The van der Waals surface area contributed by atoms with Crippen molar-refractivity contribution in [3.63, 3.8) is 0 Å². The van der Waals surface area contributed by atoms with Crippen LogP contribution in [0.5, 0.6) is 0 Å². The molecule has 1 aromatic rings. The average Bonchev–Trinajstić information content (AvgIpc) is 2.83. The molecule has 0 aromatic carbocycles. The van der Waals surface area contributed by atoms with Gasteiger partial charge in [-0.05, 0) is 32.5 Å². The van der Waals surface area contributed by atoms with E-state index in [-0.39, 0.29) is 5.91 Å². The van der Waals surface area contributed by atoms with Crippen molar-refractivity contribution in [2.24, 2.45) is 0 Å². The number of pyridine rings is 1. The van der Waals surface area contributed by atoms with E-state index in [1.807, 2.05) is 7.05 Å². The molecule has 1 fully saturated rings. The summed E-state index contributed by atoms with van der Waals surface area (Å²) in [6.45, 7) is 2.04. The van der Waals surface area contributed by atoms with Crippen molar-refractivity contribution in [3.05, 3.63) is 22.8 Å². The van der Waals surface area contributed by atoms with E-state index in [1.54, 1.807) is 26.4 Å². The molecule has 0 aliphatic carbocycles. The largest absolute Gasteiger partial charge is 0.357 e. The van der Waals surface area contributed by atoms with Gasteiger partial charge in [-0.3, -0.25) is 4.79 Å². The lowest BCUT2D eigenvalue weighted by molar-refractivity contribution is 0.0827. The molecule has 0 saturated carbocycles. The predicted molar refractivity (Wildman–Crippen MR) is 86.2 cm³/mol. The van der Waals surface area contributed by atoms with Crippen LogP contribution in [0, 0.1) is 0 Å². The first kappa shape index (κ1) is 16.0. The fraction of sp³-hybridized carbons (Fsp3) is 0.600. The van der Waals surface area contributed by atoms with Gasteiger partial charge in [0, 0.05) is 39.9 Å². The van der Waals surface area contributed by atoms with Crippen LogP contribution >= 0.6 is 11.6 Å². The van der Waals surface area contributed by atoms with Crippen molar-refractivity contribution in [1.82, 2.24) is 14.8 Å². The normalized spacial score (nSPS) is 18.8. The van der Waals surface area contributed by atoms with Crippen LogP contribution in [0.4, 0.5) is 5.82 Å². The lowest BCUT2D eigenvalue weighted by Gasteiger charge is -2.27. The lowest BCUT2D eigenvalue weighted by Crippen LogP contribution is -2.37. The summed E-state index contributed by atoms with van der Waals surface area (Å²) in [4.78, 5) is 22.2. The second kappa shape index (κ2) is 6.62. The Bertz CT molecular complexity index is 520. The highest BCUT2D eigenvalue weighted by molar-refractivity contribution is 6.33. The number of nitrogens with zero attached hydrogens (tertiary/aromatic N) is 4. The monoisotopic (exact) mass is 310 g/mol. The van der Waals surface area contributed by atoms with E-state index in [4.69, 9.17) is 11.6 Å². The molecular weight excluding hydrogens is 288 g/mol. The van der Waals surface area contributed by atoms with Gasteiger partial charge in [-0.25, -0.2) is 4.98 Å². The summed E-state index contributed by atoms with van der Waals surface area (Å²) < 4.78 is 0. The van der Waals surface area contributed by atoms with Crippen LogP contribution in [0.3, 0.4) is 0 Å². The van der Waals surface area contributed by atoms with E-state index < -0.39 is 0 Å². The molecule has 6 heteroatoms. The third-order valence-electron chi connectivity index (χ3n) is 3.99. The summed E-state index contributed by atoms with van der Waals surface area (Å²) in [5.74, 6) is 0.640. The van der Waals surface area contributed by atoms with E-state index in [1.165, 1.54) is 17.7 Å². The molecule has 1 aliphatic rings. The molecule has 0 radical (unpaired) electrons.